The number of halogens is 3. The lowest BCUT2D eigenvalue weighted by Gasteiger charge is -2.16. The topological polar surface area (TPSA) is 53.4 Å². The van der Waals surface area contributed by atoms with Crippen LogP contribution in [0.2, 0.25) is 0 Å². The third-order valence-electron chi connectivity index (χ3n) is 3.22. The normalized spacial score (nSPS) is 11.7. The first-order chi connectivity index (χ1) is 11.2. The van der Waals surface area contributed by atoms with Gasteiger partial charge in [0.25, 0.3) is 0 Å². The van der Waals surface area contributed by atoms with Crippen LogP contribution < -0.4 is 4.90 Å². The van der Waals surface area contributed by atoms with Crippen LogP contribution in [0.4, 0.5) is 19.0 Å². The van der Waals surface area contributed by atoms with Crippen molar-refractivity contribution in [2.75, 3.05) is 19.0 Å². The maximum absolute atomic E-state index is 13.1. The minimum absolute atomic E-state index is 0.197. The van der Waals surface area contributed by atoms with Crippen LogP contribution in [0.15, 0.2) is 42.5 Å². The third-order valence-corrected chi connectivity index (χ3v) is 3.22. The van der Waals surface area contributed by atoms with Gasteiger partial charge in [0.15, 0.2) is 0 Å². The molecule has 0 bridgehead atoms. The number of aromatic nitrogens is 1. The average Bonchev–Trinajstić information content (AvgIpc) is 2.52. The summed E-state index contributed by atoms with van der Waals surface area (Å²) in [6, 6.07) is 8.42. The lowest BCUT2D eigenvalue weighted by molar-refractivity contribution is -0.137. The fraction of sp³-hybridized carbons (Fsp3) is 0.176. The molecule has 0 fully saturated rings. The number of anilines is 1. The van der Waals surface area contributed by atoms with Crippen LogP contribution >= 0.6 is 0 Å². The molecule has 0 saturated heterocycles. The number of rotatable bonds is 4. The van der Waals surface area contributed by atoms with E-state index in [1.54, 1.807) is 38.4 Å². The minimum atomic E-state index is -4.47. The highest BCUT2D eigenvalue weighted by molar-refractivity contribution is 5.85. The van der Waals surface area contributed by atoms with Gasteiger partial charge >= 0.3 is 12.1 Å². The van der Waals surface area contributed by atoms with Crippen molar-refractivity contribution in [2.45, 2.75) is 6.18 Å². The second-order valence-corrected chi connectivity index (χ2v) is 5.29. The molecule has 0 spiro atoms. The summed E-state index contributed by atoms with van der Waals surface area (Å²) in [7, 11) is 3.23. The van der Waals surface area contributed by atoms with Crippen molar-refractivity contribution in [3.05, 3.63) is 53.6 Å². The molecule has 1 N–H and O–H groups in total. The largest absolute Gasteiger partial charge is 0.478 e. The van der Waals surface area contributed by atoms with Crippen LogP contribution in [0.1, 0.15) is 11.1 Å². The van der Waals surface area contributed by atoms with Gasteiger partial charge in [-0.15, -0.1) is 0 Å². The SMILES string of the molecule is CN(C)c1cc(C(F)(F)F)cc(-c2ccc(C=CC(=O)O)cc2)n1. The Labute approximate surface area is 136 Å². The van der Waals surface area contributed by atoms with Crippen LogP contribution in [0.3, 0.4) is 0 Å². The summed E-state index contributed by atoms with van der Waals surface area (Å²) >= 11 is 0. The van der Waals surface area contributed by atoms with Crippen molar-refractivity contribution < 1.29 is 23.1 Å². The van der Waals surface area contributed by atoms with E-state index in [9.17, 15) is 18.0 Å². The molecule has 0 aliphatic heterocycles. The molecule has 2 rings (SSSR count). The molecule has 0 unspecified atom stereocenters. The first-order valence-corrected chi connectivity index (χ1v) is 6.95. The molecule has 24 heavy (non-hydrogen) atoms. The summed E-state index contributed by atoms with van der Waals surface area (Å²) < 4.78 is 39.2. The van der Waals surface area contributed by atoms with E-state index < -0.39 is 17.7 Å². The van der Waals surface area contributed by atoms with Gasteiger partial charge in [-0.25, -0.2) is 9.78 Å². The molecule has 1 aromatic heterocycles. The van der Waals surface area contributed by atoms with Gasteiger partial charge in [-0.05, 0) is 23.8 Å². The van der Waals surface area contributed by atoms with Crippen molar-refractivity contribution in [3.63, 3.8) is 0 Å². The fourth-order valence-corrected chi connectivity index (χ4v) is 1.99. The number of aliphatic carboxylic acids is 1. The summed E-state index contributed by atoms with van der Waals surface area (Å²) in [5, 5.41) is 8.59. The number of pyridine rings is 1. The van der Waals surface area contributed by atoms with Crippen molar-refractivity contribution in [2.24, 2.45) is 0 Å². The second-order valence-electron chi connectivity index (χ2n) is 5.29. The monoisotopic (exact) mass is 336 g/mol. The molecule has 1 heterocycles. The molecule has 0 radical (unpaired) electrons. The van der Waals surface area contributed by atoms with Gasteiger partial charge < -0.3 is 10.0 Å². The van der Waals surface area contributed by atoms with Crippen LogP contribution in [-0.4, -0.2) is 30.2 Å². The van der Waals surface area contributed by atoms with Crippen LogP contribution in [0.5, 0.6) is 0 Å². The zero-order valence-electron chi connectivity index (χ0n) is 13.0. The summed E-state index contributed by atoms with van der Waals surface area (Å²) in [5.41, 5.74) is 0.561. The Bertz CT molecular complexity index is 766. The van der Waals surface area contributed by atoms with E-state index in [1.807, 2.05) is 0 Å². The first-order valence-electron chi connectivity index (χ1n) is 6.95. The van der Waals surface area contributed by atoms with Crippen molar-refractivity contribution in [1.29, 1.82) is 0 Å². The van der Waals surface area contributed by atoms with Crippen molar-refractivity contribution in [1.82, 2.24) is 4.98 Å². The van der Waals surface area contributed by atoms with Gasteiger partial charge in [0.1, 0.15) is 5.82 Å². The highest BCUT2D eigenvalue weighted by Gasteiger charge is 2.32. The number of nitrogens with zero attached hydrogens (tertiary/aromatic N) is 2. The number of hydrogen-bond acceptors (Lipinski definition) is 3. The van der Waals surface area contributed by atoms with Gasteiger partial charge in [0.2, 0.25) is 0 Å². The minimum Gasteiger partial charge on any atom is -0.478 e. The number of carbonyl (C=O) groups is 1. The lowest BCUT2D eigenvalue weighted by atomic mass is 10.1. The van der Waals surface area contributed by atoms with Crippen LogP contribution in [-0.2, 0) is 11.0 Å². The van der Waals surface area contributed by atoms with Crippen LogP contribution in [0.25, 0.3) is 17.3 Å². The average molecular weight is 336 g/mol. The Hall–Kier alpha value is -2.83. The Morgan fingerprint density at radius 2 is 1.79 bits per heavy atom. The van der Waals surface area contributed by atoms with Gasteiger partial charge in [0.05, 0.1) is 11.3 Å². The maximum atomic E-state index is 13.1. The van der Waals surface area contributed by atoms with E-state index in [0.29, 0.717) is 11.1 Å². The fourth-order valence-electron chi connectivity index (χ4n) is 1.99. The number of benzene rings is 1. The molecule has 7 heteroatoms. The highest BCUT2D eigenvalue weighted by atomic mass is 19.4. The molecule has 1 aromatic carbocycles. The molecular formula is C17H15F3N2O2. The highest BCUT2D eigenvalue weighted by Crippen LogP contribution is 2.33. The number of carboxylic acid groups (broad SMARTS) is 1. The quantitative estimate of drug-likeness (QED) is 0.860. The van der Waals surface area contributed by atoms with E-state index in [1.165, 1.54) is 11.0 Å². The summed E-state index contributed by atoms with van der Waals surface area (Å²) in [6.07, 6.45) is -2.08. The number of alkyl halides is 3. The van der Waals surface area contributed by atoms with E-state index >= 15 is 0 Å². The Balaban J connectivity index is 2.44. The van der Waals surface area contributed by atoms with Gasteiger partial charge in [-0.3, -0.25) is 0 Å². The second kappa shape index (κ2) is 6.74. The Kier molecular flexibility index (Phi) is 4.92. The predicted molar refractivity (Wildman–Crippen MR) is 85.7 cm³/mol. The Morgan fingerprint density at radius 1 is 1.17 bits per heavy atom. The summed E-state index contributed by atoms with van der Waals surface area (Å²) in [6.45, 7) is 0. The zero-order chi connectivity index (χ0) is 17.9. The molecule has 0 saturated carbocycles. The molecule has 0 aliphatic rings. The predicted octanol–water partition coefficient (Wildman–Crippen LogP) is 3.93. The first kappa shape index (κ1) is 17.5. The van der Waals surface area contributed by atoms with E-state index in [0.717, 1.165) is 18.2 Å². The number of carboxylic acids is 1. The molecule has 0 atom stereocenters. The van der Waals surface area contributed by atoms with Gasteiger partial charge in [0, 0.05) is 25.7 Å². The van der Waals surface area contributed by atoms with E-state index in [4.69, 9.17) is 5.11 Å². The number of hydrogen-bond donors (Lipinski definition) is 1. The van der Waals surface area contributed by atoms with Gasteiger partial charge in [-0.2, -0.15) is 13.2 Å². The molecule has 0 aliphatic carbocycles. The molecular weight excluding hydrogens is 321 g/mol. The third kappa shape index (κ3) is 4.34. The standard InChI is InChI=1S/C17H15F3N2O2/c1-22(2)15-10-13(17(18,19)20)9-14(21-15)12-6-3-11(4-7-12)5-8-16(23)24/h3-10H,1-2H3,(H,23,24). The lowest BCUT2D eigenvalue weighted by Crippen LogP contribution is -2.14. The molecule has 0 amide bonds. The summed E-state index contributed by atoms with van der Waals surface area (Å²) in [5.74, 6) is -0.871. The van der Waals surface area contributed by atoms with Crippen LogP contribution in [0, 0.1) is 0 Å². The van der Waals surface area contributed by atoms with E-state index in [-0.39, 0.29) is 11.5 Å². The van der Waals surface area contributed by atoms with Crippen molar-refractivity contribution in [3.8, 4) is 11.3 Å². The van der Waals surface area contributed by atoms with Gasteiger partial charge in [-0.1, -0.05) is 24.3 Å². The Morgan fingerprint density at radius 3 is 2.29 bits per heavy atom. The maximum Gasteiger partial charge on any atom is 0.416 e. The molecule has 4 nitrogen and oxygen atoms in total. The molecule has 2 aromatic rings. The smallest absolute Gasteiger partial charge is 0.416 e. The molecule has 126 valence electrons. The zero-order valence-corrected chi connectivity index (χ0v) is 13.0. The van der Waals surface area contributed by atoms with Crippen molar-refractivity contribution >= 4 is 17.9 Å². The van der Waals surface area contributed by atoms with E-state index in [2.05, 4.69) is 4.98 Å². The summed E-state index contributed by atoms with van der Waals surface area (Å²) in [4.78, 5) is 16.2.